The summed E-state index contributed by atoms with van der Waals surface area (Å²) in [6, 6.07) is 9.22. The van der Waals surface area contributed by atoms with Crippen LogP contribution in [0.25, 0.3) is 11.3 Å². The fraction of sp³-hybridized carbons (Fsp3) is 0.381. The first-order valence-corrected chi connectivity index (χ1v) is 10.1. The maximum absolute atomic E-state index is 13.0. The van der Waals surface area contributed by atoms with Gasteiger partial charge in [0.05, 0.1) is 5.02 Å². The Kier molecular flexibility index (Phi) is 4.23. The highest BCUT2D eigenvalue weighted by Gasteiger charge is 2.41. The van der Waals surface area contributed by atoms with Gasteiger partial charge in [0.15, 0.2) is 5.82 Å². The number of H-pyrrole nitrogens is 1. The highest BCUT2D eigenvalue weighted by molar-refractivity contribution is 6.33. The van der Waals surface area contributed by atoms with E-state index in [4.69, 9.17) is 16.1 Å². The minimum Gasteiger partial charge on any atom is -0.360 e. The minimum absolute atomic E-state index is 0.306. The zero-order chi connectivity index (χ0) is 19.3. The van der Waals surface area contributed by atoms with Gasteiger partial charge in [0, 0.05) is 23.2 Å². The Labute approximate surface area is 167 Å². The Bertz CT molecular complexity index is 1040. The second-order valence-electron chi connectivity index (χ2n) is 7.89. The maximum atomic E-state index is 13.0. The van der Waals surface area contributed by atoms with Gasteiger partial charge in [-0.2, -0.15) is 5.10 Å². The number of benzene rings is 1. The number of fused-ring (bicyclic) bond motifs is 2. The molecule has 6 nitrogen and oxygen atoms in total. The molecule has 28 heavy (non-hydrogen) atoms. The van der Waals surface area contributed by atoms with Crippen molar-refractivity contribution in [1.82, 2.24) is 15.4 Å². The van der Waals surface area contributed by atoms with E-state index in [1.165, 1.54) is 25.7 Å². The molecule has 3 unspecified atom stereocenters. The lowest BCUT2D eigenvalue weighted by atomic mass is 9.86. The van der Waals surface area contributed by atoms with Gasteiger partial charge in [-0.1, -0.05) is 41.4 Å². The molecule has 0 radical (unpaired) electrons. The number of anilines is 1. The summed E-state index contributed by atoms with van der Waals surface area (Å²) in [6.45, 7) is 1.72. The van der Waals surface area contributed by atoms with Crippen LogP contribution in [0.4, 0.5) is 5.82 Å². The molecule has 2 fully saturated rings. The number of nitrogens with zero attached hydrogens (tertiary/aromatic N) is 2. The van der Waals surface area contributed by atoms with Crippen molar-refractivity contribution >= 4 is 23.3 Å². The normalized spacial score (nSPS) is 23.3. The number of amides is 1. The highest BCUT2D eigenvalue weighted by atomic mass is 35.5. The standard InChI is InChI=1S/C21H21ClN4O2/c1-11-19(20(26-28-11)14-4-2-3-5-16(14)22)21(27)23-18-10-17(24-25-18)15-9-12-6-7-13(15)8-12/h2-5,10,12-13,15H,6-9H2,1H3,(H2,23,24,25,27). The molecule has 2 heterocycles. The molecule has 3 aromatic rings. The zero-order valence-electron chi connectivity index (χ0n) is 15.5. The molecule has 5 rings (SSSR count). The summed E-state index contributed by atoms with van der Waals surface area (Å²) >= 11 is 6.28. The Hall–Kier alpha value is -2.60. The van der Waals surface area contributed by atoms with Crippen LogP contribution in [-0.4, -0.2) is 21.3 Å². The maximum Gasteiger partial charge on any atom is 0.262 e. The molecule has 2 saturated carbocycles. The lowest BCUT2D eigenvalue weighted by Crippen LogP contribution is -2.14. The molecule has 2 N–H and O–H groups in total. The number of aromatic amines is 1. The van der Waals surface area contributed by atoms with Crippen LogP contribution in [0.15, 0.2) is 34.9 Å². The van der Waals surface area contributed by atoms with Crippen molar-refractivity contribution in [3.63, 3.8) is 0 Å². The van der Waals surface area contributed by atoms with Crippen molar-refractivity contribution < 1.29 is 9.32 Å². The monoisotopic (exact) mass is 396 g/mol. The van der Waals surface area contributed by atoms with Crippen LogP contribution in [0.2, 0.25) is 5.02 Å². The minimum atomic E-state index is -0.306. The molecular weight excluding hydrogens is 376 g/mol. The van der Waals surface area contributed by atoms with Crippen LogP contribution >= 0.6 is 11.6 Å². The molecule has 1 amide bonds. The smallest absolute Gasteiger partial charge is 0.262 e. The van der Waals surface area contributed by atoms with E-state index in [-0.39, 0.29) is 5.91 Å². The topological polar surface area (TPSA) is 83.8 Å². The van der Waals surface area contributed by atoms with Gasteiger partial charge in [-0.05, 0) is 44.1 Å². The fourth-order valence-corrected chi connectivity index (χ4v) is 5.10. The Morgan fingerprint density at radius 3 is 2.89 bits per heavy atom. The molecule has 0 aliphatic heterocycles. The third kappa shape index (κ3) is 2.92. The number of rotatable bonds is 4. The van der Waals surface area contributed by atoms with Gasteiger partial charge < -0.3 is 9.84 Å². The predicted molar refractivity (Wildman–Crippen MR) is 106 cm³/mol. The van der Waals surface area contributed by atoms with Crippen molar-refractivity contribution in [3.8, 4) is 11.3 Å². The van der Waals surface area contributed by atoms with E-state index in [0.29, 0.717) is 39.3 Å². The van der Waals surface area contributed by atoms with Crippen LogP contribution in [-0.2, 0) is 0 Å². The van der Waals surface area contributed by atoms with Gasteiger partial charge in [0.2, 0.25) is 0 Å². The average molecular weight is 397 g/mol. The third-order valence-electron chi connectivity index (χ3n) is 6.20. The number of carbonyl (C=O) groups is 1. The quantitative estimate of drug-likeness (QED) is 0.636. The summed E-state index contributed by atoms with van der Waals surface area (Å²) < 4.78 is 5.29. The molecule has 1 aromatic carbocycles. The number of halogens is 1. The van der Waals surface area contributed by atoms with E-state index in [1.807, 2.05) is 24.3 Å². The number of aromatic nitrogens is 3. The van der Waals surface area contributed by atoms with Gasteiger partial charge in [0.1, 0.15) is 17.0 Å². The molecule has 2 aliphatic carbocycles. The Morgan fingerprint density at radius 1 is 1.29 bits per heavy atom. The molecule has 2 aliphatic rings. The molecule has 0 spiro atoms. The Morgan fingerprint density at radius 2 is 2.14 bits per heavy atom. The van der Waals surface area contributed by atoms with Crippen molar-refractivity contribution in [1.29, 1.82) is 0 Å². The number of aryl methyl sites for hydroxylation is 1. The second-order valence-corrected chi connectivity index (χ2v) is 8.29. The summed E-state index contributed by atoms with van der Waals surface area (Å²) in [6.07, 6.45) is 5.21. The molecule has 3 atom stereocenters. The summed E-state index contributed by atoms with van der Waals surface area (Å²) in [5, 5.41) is 14.9. The van der Waals surface area contributed by atoms with Gasteiger partial charge >= 0.3 is 0 Å². The third-order valence-corrected chi connectivity index (χ3v) is 6.53. The SMILES string of the molecule is Cc1onc(-c2ccccc2Cl)c1C(=O)Nc1cc(C2CC3CCC2C3)[nH]n1. The van der Waals surface area contributed by atoms with Crippen LogP contribution in [0, 0.1) is 18.8 Å². The lowest BCUT2D eigenvalue weighted by molar-refractivity contribution is 0.102. The number of nitrogens with one attached hydrogen (secondary N) is 2. The molecule has 0 saturated heterocycles. The van der Waals surface area contributed by atoms with E-state index in [2.05, 4.69) is 20.7 Å². The number of carbonyl (C=O) groups excluding carboxylic acids is 1. The first-order chi connectivity index (χ1) is 13.6. The van der Waals surface area contributed by atoms with E-state index in [9.17, 15) is 4.79 Å². The van der Waals surface area contributed by atoms with E-state index < -0.39 is 0 Å². The summed E-state index contributed by atoms with van der Waals surface area (Å²) in [5.41, 5.74) is 2.59. The van der Waals surface area contributed by atoms with Crippen LogP contribution < -0.4 is 5.32 Å². The van der Waals surface area contributed by atoms with E-state index >= 15 is 0 Å². The number of hydrogen-bond acceptors (Lipinski definition) is 4. The largest absolute Gasteiger partial charge is 0.360 e. The van der Waals surface area contributed by atoms with Crippen molar-refractivity contribution in [2.45, 2.75) is 38.5 Å². The van der Waals surface area contributed by atoms with Crippen molar-refractivity contribution in [2.75, 3.05) is 5.32 Å². The molecule has 2 bridgehead atoms. The van der Waals surface area contributed by atoms with Gasteiger partial charge in [0.25, 0.3) is 5.91 Å². The first kappa shape index (κ1) is 17.5. The Balaban J connectivity index is 1.38. The van der Waals surface area contributed by atoms with Crippen molar-refractivity contribution in [2.24, 2.45) is 11.8 Å². The highest BCUT2D eigenvalue weighted by Crippen LogP contribution is 2.52. The summed E-state index contributed by atoms with van der Waals surface area (Å²) in [7, 11) is 0. The summed E-state index contributed by atoms with van der Waals surface area (Å²) in [5.74, 6) is 2.80. The average Bonchev–Trinajstić information content (AvgIpc) is 3.45. The second kappa shape index (κ2) is 6.78. The van der Waals surface area contributed by atoms with Crippen molar-refractivity contribution in [3.05, 3.63) is 52.4 Å². The van der Waals surface area contributed by atoms with Crippen LogP contribution in [0.5, 0.6) is 0 Å². The van der Waals surface area contributed by atoms with Gasteiger partial charge in [-0.3, -0.25) is 9.89 Å². The van der Waals surface area contributed by atoms with E-state index in [1.54, 1.807) is 13.0 Å². The van der Waals surface area contributed by atoms with Crippen LogP contribution in [0.3, 0.4) is 0 Å². The summed E-state index contributed by atoms with van der Waals surface area (Å²) in [4.78, 5) is 13.0. The number of hydrogen-bond donors (Lipinski definition) is 2. The molecule has 2 aromatic heterocycles. The van der Waals surface area contributed by atoms with Crippen LogP contribution in [0.1, 0.15) is 53.4 Å². The molecule has 144 valence electrons. The van der Waals surface area contributed by atoms with Gasteiger partial charge in [-0.15, -0.1) is 0 Å². The first-order valence-electron chi connectivity index (χ1n) is 9.68. The van der Waals surface area contributed by atoms with Gasteiger partial charge in [-0.25, -0.2) is 0 Å². The zero-order valence-corrected chi connectivity index (χ0v) is 16.3. The fourth-order valence-electron chi connectivity index (χ4n) is 4.87. The molecule has 7 heteroatoms. The van der Waals surface area contributed by atoms with E-state index in [0.717, 1.165) is 17.5 Å². The molecular formula is C21H21ClN4O2. The lowest BCUT2D eigenvalue weighted by Gasteiger charge is -2.19. The predicted octanol–water partition coefficient (Wildman–Crippen LogP) is 5.18.